The highest BCUT2D eigenvalue weighted by atomic mass is 31.2. The van der Waals surface area contributed by atoms with Gasteiger partial charge in [0.15, 0.2) is 0 Å². The number of hydrogen-bond acceptors (Lipinski definition) is 18. The van der Waals surface area contributed by atoms with Crippen LogP contribution in [0.3, 0.4) is 0 Å². The minimum atomic E-state index is -5.22. The molecular formula is C6H3O18P3. The van der Waals surface area contributed by atoms with Crippen LogP contribution in [0.25, 0.3) is 0 Å². The number of ether oxygens (including phenoxy) is 1. The molecule has 8 rings (SSSR count). The molecule has 0 radical (unpaired) electrons. The van der Waals surface area contributed by atoms with Gasteiger partial charge in [-0.15, -0.1) is 9.35 Å². The lowest BCUT2D eigenvalue weighted by molar-refractivity contribution is -0.660. The molecule has 18 nitrogen and oxygen atoms in total. The van der Waals surface area contributed by atoms with E-state index in [1.807, 2.05) is 0 Å². The van der Waals surface area contributed by atoms with E-state index < -0.39 is 58.6 Å². The lowest BCUT2D eigenvalue weighted by Crippen LogP contribution is -2.90. The Kier molecular flexibility index (Phi) is 2.35. The van der Waals surface area contributed by atoms with E-state index >= 15 is 0 Å². The van der Waals surface area contributed by atoms with Crippen LogP contribution >= 0.6 is 23.5 Å². The molecule has 8 bridgehead atoms. The van der Waals surface area contributed by atoms with Crippen LogP contribution in [0.5, 0.6) is 0 Å². The number of aliphatic hydroxyl groups is 3. The lowest BCUT2D eigenvalue weighted by Gasteiger charge is -2.58. The molecule has 3 N–H and O–H groups in total. The first-order valence-corrected chi connectivity index (χ1v) is 11.1. The van der Waals surface area contributed by atoms with Gasteiger partial charge in [0.05, 0.1) is 0 Å². The van der Waals surface area contributed by atoms with Crippen LogP contribution in [0.2, 0.25) is 0 Å². The van der Waals surface area contributed by atoms with Crippen molar-refractivity contribution < 1.29 is 84.5 Å². The smallest absolute Gasteiger partial charge is 0.356 e. The van der Waals surface area contributed by atoms with E-state index in [1.54, 1.807) is 0 Å². The molecule has 8 heterocycles. The van der Waals surface area contributed by atoms with Crippen molar-refractivity contribution in [1.29, 1.82) is 0 Å². The summed E-state index contributed by atoms with van der Waals surface area (Å²) in [5, 5.41) is 32.6. The van der Waals surface area contributed by atoms with Gasteiger partial charge in [0.25, 0.3) is 0 Å². The summed E-state index contributed by atoms with van der Waals surface area (Å²) < 4.78 is 84.5. The number of phosphoric ester groups is 2. The van der Waals surface area contributed by atoms with E-state index in [0.717, 1.165) is 0 Å². The van der Waals surface area contributed by atoms with Crippen LogP contribution in [-0.2, 0) is 69.2 Å². The Morgan fingerprint density at radius 3 is 1.85 bits per heavy atom. The van der Waals surface area contributed by atoms with E-state index in [-0.39, 0.29) is 0 Å². The van der Waals surface area contributed by atoms with Crippen molar-refractivity contribution in [2.24, 2.45) is 0 Å². The summed E-state index contributed by atoms with van der Waals surface area (Å²) in [5.41, 5.74) is 0. The molecule has 0 aliphatic carbocycles. The number of phosphoric acid groups is 3. The maximum absolute atomic E-state index is 12.7. The molecule has 0 amide bonds. The van der Waals surface area contributed by atoms with Gasteiger partial charge in [0.2, 0.25) is 0 Å². The SMILES string of the molecule is O=P12OO[C@]34OP5(=O)OC3(O[C@@]3(O)C(O)(O1)OP1(=O)O[C@@]3(O)[C@@]4(OO2)O1)O5. The third kappa shape index (κ3) is 1.32. The first-order valence-electron chi connectivity index (χ1n) is 6.69. The zero-order valence-corrected chi connectivity index (χ0v) is 14.5. The Morgan fingerprint density at radius 1 is 0.593 bits per heavy atom. The van der Waals surface area contributed by atoms with Crippen LogP contribution < -0.4 is 0 Å². The molecule has 7 atom stereocenters. The first kappa shape index (κ1) is 16.8. The summed E-state index contributed by atoms with van der Waals surface area (Å²) in [6.45, 7) is 0. The van der Waals surface area contributed by atoms with Gasteiger partial charge >= 0.3 is 58.6 Å². The molecule has 3 unspecified atom stereocenters. The quantitative estimate of drug-likeness (QED) is 0.279. The van der Waals surface area contributed by atoms with Crippen LogP contribution in [-0.4, -0.2) is 50.4 Å². The van der Waals surface area contributed by atoms with Crippen LogP contribution in [0, 0.1) is 0 Å². The molecule has 8 aliphatic heterocycles. The van der Waals surface area contributed by atoms with E-state index in [9.17, 15) is 29.0 Å². The fourth-order valence-electron chi connectivity index (χ4n) is 3.58. The highest BCUT2D eigenvalue weighted by Gasteiger charge is 3.08. The van der Waals surface area contributed by atoms with Crippen molar-refractivity contribution in [3.05, 3.63) is 0 Å². The highest BCUT2D eigenvalue weighted by molar-refractivity contribution is 7.50. The second kappa shape index (κ2) is 3.76. The standard InChI is InChI=1S/C6H3O18P3/c7-1-2(8)5(9)19-25(10,16-1)17-3(1)4(15-24-27(12,20-5)23-14-3)6(13-2)21-26(11,18-4)22-6/h7-9H/t1-,2-,3-,4-,5?,6?,25?,26?,27?/m1/s1. The Bertz CT molecular complexity index is 984. The summed E-state index contributed by atoms with van der Waals surface area (Å²) in [7, 11) is -14.9. The molecule has 0 aromatic heterocycles. The molecule has 150 valence electrons. The number of rotatable bonds is 0. The van der Waals surface area contributed by atoms with E-state index in [2.05, 4.69) is 18.4 Å². The van der Waals surface area contributed by atoms with E-state index in [1.165, 1.54) is 0 Å². The molecule has 27 heavy (non-hydrogen) atoms. The van der Waals surface area contributed by atoms with Gasteiger partial charge in [0.1, 0.15) is 0 Å². The molecule has 3 spiro atoms. The summed E-state index contributed by atoms with van der Waals surface area (Å²) in [6.07, 6.45) is 0. The van der Waals surface area contributed by atoms with Crippen LogP contribution in [0.15, 0.2) is 0 Å². The Labute approximate surface area is 144 Å². The van der Waals surface area contributed by atoms with Gasteiger partial charge in [-0.3, -0.25) is 4.74 Å². The van der Waals surface area contributed by atoms with Crippen LogP contribution in [0.1, 0.15) is 0 Å². The molecule has 0 aromatic rings. The third-order valence-corrected chi connectivity index (χ3v) is 8.44. The number of fused-ring (bicyclic) bond motifs is 3. The fraction of sp³-hybridized carbons (Fsp3) is 1.00. The maximum Gasteiger partial charge on any atom is 0.534 e. The first-order chi connectivity index (χ1) is 12.3. The fourth-order valence-corrected chi connectivity index (χ4v) is 7.88. The summed E-state index contributed by atoms with van der Waals surface area (Å²) in [4.78, 5) is 9.49. The molecule has 8 fully saturated rings. The van der Waals surface area contributed by atoms with Crippen molar-refractivity contribution in [1.82, 2.24) is 0 Å². The topological polar surface area (TPSA) is 223 Å². The minimum Gasteiger partial charge on any atom is -0.356 e. The largest absolute Gasteiger partial charge is 0.534 e. The molecule has 21 heteroatoms. The Morgan fingerprint density at radius 2 is 1.15 bits per heavy atom. The monoisotopic (exact) mass is 456 g/mol. The normalized spacial score (nSPS) is 75.2. The third-order valence-electron chi connectivity index (χ3n) is 4.60. The summed E-state index contributed by atoms with van der Waals surface area (Å²) >= 11 is 0. The average Bonchev–Trinajstić information content (AvgIpc) is 2.96. The lowest BCUT2D eigenvalue weighted by atomic mass is 9.83. The van der Waals surface area contributed by atoms with Crippen molar-refractivity contribution in [3.8, 4) is 0 Å². The maximum atomic E-state index is 12.7. The second-order valence-corrected chi connectivity index (χ2v) is 10.3. The van der Waals surface area contributed by atoms with Gasteiger partial charge in [0, 0.05) is 0 Å². The van der Waals surface area contributed by atoms with Gasteiger partial charge in [-0.05, 0) is 0 Å². The zero-order valence-electron chi connectivity index (χ0n) is 11.8. The second-order valence-electron chi connectivity index (χ2n) is 6.06. The van der Waals surface area contributed by atoms with Crippen molar-refractivity contribution >= 4 is 23.5 Å². The van der Waals surface area contributed by atoms with Gasteiger partial charge in [-0.25, -0.2) is 45.4 Å². The minimum absolute atomic E-state index is 2.99. The summed E-state index contributed by atoms with van der Waals surface area (Å²) in [6, 6.07) is 0. The molecule has 0 saturated carbocycles. The molecule has 0 aromatic carbocycles. The van der Waals surface area contributed by atoms with Crippen molar-refractivity contribution in [3.63, 3.8) is 0 Å². The molecule has 8 aliphatic rings. The van der Waals surface area contributed by atoms with Crippen molar-refractivity contribution in [2.75, 3.05) is 0 Å². The summed E-state index contributed by atoms with van der Waals surface area (Å²) in [5.74, 6) is -20.8. The molecular weight excluding hydrogens is 453 g/mol. The van der Waals surface area contributed by atoms with Gasteiger partial charge < -0.3 is 15.3 Å². The average molecular weight is 456 g/mol. The van der Waals surface area contributed by atoms with Crippen LogP contribution in [0.4, 0.5) is 0 Å². The Balaban J connectivity index is 1.66. The molecule has 8 saturated heterocycles. The van der Waals surface area contributed by atoms with E-state index in [0.29, 0.717) is 0 Å². The van der Waals surface area contributed by atoms with Crippen molar-refractivity contribution in [2.45, 2.75) is 35.1 Å². The zero-order chi connectivity index (χ0) is 19.0. The highest BCUT2D eigenvalue weighted by Crippen LogP contribution is 2.90. The van der Waals surface area contributed by atoms with Gasteiger partial charge in [-0.1, -0.05) is 0 Å². The Hall–Kier alpha value is 0.0900. The predicted molar refractivity (Wildman–Crippen MR) is 58.9 cm³/mol. The predicted octanol–water partition coefficient (Wildman–Crippen LogP) is -1.50. The van der Waals surface area contributed by atoms with E-state index in [4.69, 9.17) is 37.1 Å². The number of hydrogen-bond donors (Lipinski definition) is 3. The van der Waals surface area contributed by atoms with Gasteiger partial charge in [-0.2, -0.15) is 9.78 Å².